The number of nitrogens with zero attached hydrogens (tertiary/aromatic N) is 1. The molecule has 86 valence electrons. The fraction of sp³-hybridized carbons (Fsp3) is 0.818. The minimum atomic E-state index is -0.857. The number of rotatable bonds is 4. The molecule has 0 aromatic rings. The highest BCUT2D eigenvalue weighted by Gasteiger charge is 2.51. The molecule has 2 atom stereocenters. The minimum absolute atomic E-state index is 0.0769. The maximum absolute atomic E-state index is 11.8. The molecule has 1 saturated carbocycles. The number of hydrogen-bond donors (Lipinski definition) is 1. The summed E-state index contributed by atoms with van der Waals surface area (Å²) in [4.78, 5) is 24.0. The van der Waals surface area contributed by atoms with Crippen molar-refractivity contribution in [2.75, 3.05) is 13.6 Å². The van der Waals surface area contributed by atoms with Gasteiger partial charge in [-0.25, -0.2) is 0 Å². The SMILES string of the molecule is CC(CN(C)C(=O)[C@H]1CC1(C)C)C(=O)O. The number of amides is 1. The van der Waals surface area contributed by atoms with Crippen LogP contribution in [0.25, 0.3) is 0 Å². The Morgan fingerprint density at radius 3 is 2.33 bits per heavy atom. The molecule has 0 aromatic carbocycles. The number of carboxylic acids is 1. The van der Waals surface area contributed by atoms with Crippen LogP contribution in [0.5, 0.6) is 0 Å². The molecule has 0 saturated heterocycles. The molecule has 0 spiro atoms. The topological polar surface area (TPSA) is 57.6 Å². The molecule has 1 rings (SSSR count). The van der Waals surface area contributed by atoms with Gasteiger partial charge in [-0.1, -0.05) is 20.8 Å². The lowest BCUT2D eigenvalue weighted by Crippen LogP contribution is -2.35. The van der Waals surface area contributed by atoms with Gasteiger partial charge in [0.15, 0.2) is 0 Å². The molecule has 1 N–H and O–H groups in total. The third kappa shape index (κ3) is 2.70. The molecule has 4 heteroatoms. The Hall–Kier alpha value is -1.06. The van der Waals surface area contributed by atoms with Gasteiger partial charge < -0.3 is 10.0 Å². The Morgan fingerprint density at radius 2 is 2.00 bits per heavy atom. The van der Waals surface area contributed by atoms with Gasteiger partial charge in [0.05, 0.1) is 5.92 Å². The lowest BCUT2D eigenvalue weighted by atomic mass is 10.1. The lowest BCUT2D eigenvalue weighted by Gasteiger charge is -2.20. The van der Waals surface area contributed by atoms with Crippen LogP contribution in [0.1, 0.15) is 27.2 Å². The molecule has 0 radical (unpaired) electrons. The third-order valence-electron chi connectivity index (χ3n) is 3.16. The summed E-state index contributed by atoms with van der Waals surface area (Å²) < 4.78 is 0. The first-order chi connectivity index (χ1) is 6.75. The molecule has 15 heavy (non-hydrogen) atoms. The first-order valence-corrected chi connectivity index (χ1v) is 5.23. The summed E-state index contributed by atoms with van der Waals surface area (Å²) >= 11 is 0. The highest BCUT2D eigenvalue weighted by atomic mass is 16.4. The van der Waals surface area contributed by atoms with E-state index in [1.165, 1.54) is 4.90 Å². The molecular formula is C11H19NO3. The van der Waals surface area contributed by atoms with Crippen molar-refractivity contribution in [2.45, 2.75) is 27.2 Å². The molecule has 1 aliphatic rings. The Bertz CT molecular complexity index is 286. The Morgan fingerprint density at radius 1 is 1.53 bits per heavy atom. The van der Waals surface area contributed by atoms with Crippen molar-refractivity contribution >= 4 is 11.9 Å². The summed E-state index contributed by atoms with van der Waals surface area (Å²) in [7, 11) is 1.68. The van der Waals surface area contributed by atoms with E-state index in [0.29, 0.717) is 6.54 Å². The van der Waals surface area contributed by atoms with E-state index >= 15 is 0 Å². The highest BCUT2D eigenvalue weighted by Crippen LogP contribution is 2.52. The Balaban J connectivity index is 2.45. The van der Waals surface area contributed by atoms with Crippen LogP contribution in [-0.2, 0) is 9.59 Å². The Labute approximate surface area is 90.3 Å². The van der Waals surface area contributed by atoms with Crippen LogP contribution in [-0.4, -0.2) is 35.5 Å². The molecule has 0 heterocycles. The first-order valence-electron chi connectivity index (χ1n) is 5.23. The highest BCUT2D eigenvalue weighted by molar-refractivity contribution is 5.82. The molecule has 1 unspecified atom stereocenters. The van der Waals surface area contributed by atoms with E-state index in [0.717, 1.165) is 6.42 Å². The molecule has 0 bridgehead atoms. The summed E-state index contributed by atoms with van der Waals surface area (Å²) in [6.07, 6.45) is 0.914. The van der Waals surface area contributed by atoms with Crippen molar-refractivity contribution in [1.29, 1.82) is 0 Å². The van der Waals surface area contributed by atoms with E-state index in [1.807, 2.05) is 0 Å². The van der Waals surface area contributed by atoms with E-state index in [1.54, 1.807) is 14.0 Å². The van der Waals surface area contributed by atoms with Gasteiger partial charge in [0.2, 0.25) is 5.91 Å². The van der Waals surface area contributed by atoms with Crippen molar-refractivity contribution in [3.05, 3.63) is 0 Å². The second-order valence-electron chi connectivity index (χ2n) is 5.20. The van der Waals surface area contributed by atoms with Crippen LogP contribution in [0.15, 0.2) is 0 Å². The van der Waals surface area contributed by atoms with E-state index in [4.69, 9.17) is 5.11 Å². The number of aliphatic carboxylic acids is 1. The zero-order valence-electron chi connectivity index (χ0n) is 9.78. The van der Waals surface area contributed by atoms with Gasteiger partial charge >= 0.3 is 5.97 Å². The van der Waals surface area contributed by atoms with Crippen LogP contribution >= 0.6 is 0 Å². The van der Waals surface area contributed by atoms with Gasteiger partial charge in [-0.15, -0.1) is 0 Å². The molecule has 1 amide bonds. The quantitative estimate of drug-likeness (QED) is 0.763. The molecule has 0 aliphatic heterocycles. The first kappa shape index (κ1) is 12.0. The summed E-state index contributed by atoms with van der Waals surface area (Å²) in [5, 5.41) is 8.73. The summed E-state index contributed by atoms with van der Waals surface area (Å²) in [6, 6.07) is 0. The van der Waals surface area contributed by atoms with Gasteiger partial charge in [-0.2, -0.15) is 0 Å². The van der Waals surface area contributed by atoms with Crippen LogP contribution < -0.4 is 0 Å². The monoisotopic (exact) mass is 213 g/mol. The smallest absolute Gasteiger partial charge is 0.308 e. The predicted molar refractivity (Wildman–Crippen MR) is 56.3 cm³/mol. The Kier molecular flexibility index (Phi) is 3.07. The fourth-order valence-electron chi connectivity index (χ4n) is 1.73. The van der Waals surface area contributed by atoms with Gasteiger partial charge in [-0.05, 0) is 11.8 Å². The normalized spacial score (nSPS) is 24.4. The maximum atomic E-state index is 11.8. The molecular weight excluding hydrogens is 194 g/mol. The summed E-state index contributed by atoms with van der Waals surface area (Å²) in [5.41, 5.74) is 0.109. The van der Waals surface area contributed by atoms with Crippen molar-refractivity contribution in [1.82, 2.24) is 4.90 Å². The van der Waals surface area contributed by atoms with Gasteiger partial charge in [0, 0.05) is 19.5 Å². The van der Waals surface area contributed by atoms with Gasteiger partial charge in [0.1, 0.15) is 0 Å². The summed E-state index contributed by atoms with van der Waals surface area (Å²) in [6.45, 7) is 6.03. The van der Waals surface area contributed by atoms with Crippen molar-refractivity contribution in [2.24, 2.45) is 17.3 Å². The second kappa shape index (κ2) is 3.83. The van der Waals surface area contributed by atoms with Crippen LogP contribution in [0.2, 0.25) is 0 Å². The second-order valence-corrected chi connectivity index (χ2v) is 5.20. The van der Waals surface area contributed by atoms with Gasteiger partial charge in [0.25, 0.3) is 0 Å². The average molecular weight is 213 g/mol. The number of carboxylic acid groups (broad SMARTS) is 1. The van der Waals surface area contributed by atoms with E-state index < -0.39 is 11.9 Å². The van der Waals surface area contributed by atoms with Crippen LogP contribution in [0, 0.1) is 17.3 Å². The summed E-state index contributed by atoms with van der Waals surface area (Å²) in [5.74, 6) is -1.19. The number of carbonyl (C=O) groups is 2. The largest absolute Gasteiger partial charge is 0.481 e. The maximum Gasteiger partial charge on any atom is 0.308 e. The van der Waals surface area contributed by atoms with Crippen molar-refractivity contribution in [3.8, 4) is 0 Å². The van der Waals surface area contributed by atoms with E-state index in [-0.39, 0.29) is 17.2 Å². The van der Waals surface area contributed by atoms with E-state index in [2.05, 4.69) is 13.8 Å². The standard InChI is InChI=1S/C11H19NO3/c1-7(10(14)15)6-12(4)9(13)8-5-11(8,2)3/h7-8H,5-6H2,1-4H3,(H,14,15)/t7?,8-/m1/s1. The molecule has 1 fully saturated rings. The lowest BCUT2D eigenvalue weighted by molar-refractivity contribution is -0.143. The predicted octanol–water partition coefficient (Wildman–Crippen LogP) is 1.21. The van der Waals surface area contributed by atoms with Crippen LogP contribution in [0.4, 0.5) is 0 Å². The van der Waals surface area contributed by atoms with Crippen molar-refractivity contribution < 1.29 is 14.7 Å². The minimum Gasteiger partial charge on any atom is -0.481 e. The molecule has 1 aliphatic carbocycles. The third-order valence-corrected chi connectivity index (χ3v) is 3.16. The van der Waals surface area contributed by atoms with E-state index in [9.17, 15) is 9.59 Å². The number of carbonyl (C=O) groups excluding carboxylic acids is 1. The fourth-order valence-corrected chi connectivity index (χ4v) is 1.73. The average Bonchev–Trinajstić information content (AvgIpc) is 2.73. The van der Waals surface area contributed by atoms with Gasteiger partial charge in [-0.3, -0.25) is 9.59 Å². The number of hydrogen-bond acceptors (Lipinski definition) is 2. The molecule has 4 nitrogen and oxygen atoms in total. The zero-order chi connectivity index (χ0) is 11.8. The van der Waals surface area contributed by atoms with Crippen molar-refractivity contribution in [3.63, 3.8) is 0 Å². The zero-order valence-corrected chi connectivity index (χ0v) is 9.78. The molecule has 0 aromatic heterocycles. The van der Waals surface area contributed by atoms with Crippen LogP contribution in [0.3, 0.4) is 0 Å².